The predicted octanol–water partition coefficient (Wildman–Crippen LogP) is 5.51. The summed E-state index contributed by atoms with van der Waals surface area (Å²) in [6.45, 7) is 6.99. The zero-order valence-corrected chi connectivity index (χ0v) is 20.8. The standard InChI is InChI=1S/C27H29N5OS/c1-19(2)23-13-7-8-14-24(23)32-26(21-12-9-15-28-16-21)29-30-27(32)34-18-25(33)31(4)17-22-11-6-5-10-20(22)3/h5-16,19H,17-18H2,1-4H3. The molecule has 2 aromatic heterocycles. The van der Waals surface area contributed by atoms with E-state index in [0.29, 0.717) is 23.4 Å². The Kier molecular flexibility index (Phi) is 7.43. The summed E-state index contributed by atoms with van der Waals surface area (Å²) >= 11 is 1.41. The minimum atomic E-state index is 0.0443. The van der Waals surface area contributed by atoms with E-state index >= 15 is 0 Å². The van der Waals surface area contributed by atoms with E-state index in [1.54, 1.807) is 17.3 Å². The molecule has 0 atom stereocenters. The Bertz CT molecular complexity index is 1270. The number of carbonyl (C=O) groups is 1. The smallest absolute Gasteiger partial charge is 0.233 e. The molecule has 2 aromatic carbocycles. The Morgan fingerprint density at radius 2 is 1.79 bits per heavy atom. The fraction of sp³-hybridized carbons (Fsp3) is 0.259. The highest BCUT2D eigenvalue weighted by molar-refractivity contribution is 7.99. The van der Waals surface area contributed by atoms with Crippen molar-refractivity contribution in [3.05, 3.63) is 89.7 Å². The maximum Gasteiger partial charge on any atom is 0.233 e. The van der Waals surface area contributed by atoms with Gasteiger partial charge in [-0.3, -0.25) is 14.3 Å². The molecule has 0 saturated carbocycles. The van der Waals surface area contributed by atoms with Crippen LogP contribution in [0.1, 0.15) is 36.5 Å². The number of thioether (sulfide) groups is 1. The second-order valence-electron chi connectivity index (χ2n) is 8.56. The van der Waals surface area contributed by atoms with E-state index in [1.165, 1.54) is 22.9 Å². The van der Waals surface area contributed by atoms with Crippen LogP contribution in [0.25, 0.3) is 17.1 Å². The van der Waals surface area contributed by atoms with Gasteiger partial charge in [0.25, 0.3) is 0 Å². The van der Waals surface area contributed by atoms with Crippen LogP contribution in [-0.2, 0) is 11.3 Å². The predicted molar refractivity (Wildman–Crippen MR) is 137 cm³/mol. The van der Waals surface area contributed by atoms with E-state index < -0.39 is 0 Å². The van der Waals surface area contributed by atoms with Crippen molar-refractivity contribution in [3.8, 4) is 17.1 Å². The lowest BCUT2D eigenvalue weighted by Gasteiger charge is -2.19. The molecule has 0 aliphatic heterocycles. The van der Waals surface area contributed by atoms with Crippen molar-refractivity contribution in [1.29, 1.82) is 0 Å². The third-order valence-electron chi connectivity index (χ3n) is 5.77. The zero-order valence-electron chi connectivity index (χ0n) is 20.0. The van der Waals surface area contributed by atoms with Gasteiger partial charge in [-0.2, -0.15) is 0 Å². The minimum absolute atomic E-state index is 0.0443. The highest BCUT2D eigenvalue weighted by Crippen LogP contribution is 2.32. The highest BCUT2D eigenvalue weighted by Gasteiger charge is 2.21. The molecule has 6 nitrogen and oxygen atoms in total. The Balaban J connectivity index is 1.62. The number of benzene rings is 2. The molecule has 4 rings (SSSR count). The number of aryl methyl sites for hydroxylation is 1. The quantitative estimate of drug-likeness (QED) is 0.317. The summed E-state index contributed by atoms with van der Waals surface area (Å²) in [6, 6.07) is 20.3. The van der Waals surface area contributed by atoms with Gasteiger partial charge in [0.1, 0.15) is 0 Å². The normalized spacial score (nSPS) is 11.1. The molecular formula is C27H29N5OS. The van der Waals surface area contributed by atoms with Gasteiger partial charge in [-0.25, -0.2) is 0 Å². The summed E-state index contributed by atoms with van der Waals surface area (Å²) < 4.78 is 2.05. The summed E-state index contributed by atoms with van der Waals surface area (Å²) in [7, 11) is 1.84. The van der Waals surface area contributed by atoms with Gasteiger partial charge in [0.15, 0.2) is 11.0 Å². The number of nitrogens with zero attached hydrogens (tertiary/aromatic N) is 5. The van der Waals surface area contributed by atoms with Crippen LogP contribution >= 0.6 is 11.8 Å². The van der Waals surface area contributed by atoms with Gasteiger partial charge < -0.3 is 4.90 Å². The minimum Gasteiger partial charge on any atom is -0.341 e. The summed E-state index contributed by atoms with van der Waals surface area (Å²) in [4.78, 5) is 19.0. The molecule has 4 aromatic rings. The molecule has 0 unspecified atom stereocenters. The number of rotatable bonds is 8. The number of carbonyl (C=O) groups excluding carboxylic acids is 1. The van der Waals surface area contributed by atoms with Crippen LogP contribution in [0.3, 0.4) is 0 Å². The SMILES string of the molecule is Cc1ccccc1CN(C)C(=O)CSc1nnc(-c2cccnc2)n1-c1ccccc1C(C)C. The molecule has 0 radical (unpaired) electrons. The van der Waals surface area contributed by atoms with Crippen molar-refractivity contribution in [2.45, 2.75) is 38.4 Å². The van der Waals surface area contributed by atoms with Crippen LogP contribution in [0.5, 0.6) is 0 Å². The van der Waals surface area contributed by atoms with E-state index in [-0.39, 0.29) is 11.7 Å². The monoisotopic (exact) mass is 471 g/mol. The largest absolute Gasteiger partial charge is 0.341 e. The van der Waals surface area contributed by atoms with Gasteiger partial charge in [-0.15, -0.1) is 10.2 Å². The van der Waals surface area contributed by atoms with Crippen molar-refractivity contribution in [3.63, 3.8) is 0 Å². The van der Waals surface area contributed by atoms with E-state index in [1.807, 2.05) is 48.0 Å². The van der Waals surface area contributed by atoms with Gasteiger partial charge in [-0.05, 0) is 47.7 Å². The lowest BCUT2D eigenvalue weighted by Crippen LogP contribution is -2.28. The third kappa shape index (κ3) is 5.20. The number of hydrogen-bond donors (Lipinski definition) is 0. The first kappa shape index (κ1) is 23.7. The third-order valence-corrected chi connectivity index (χ3v) is 6.69. The number of hydrogen-bond acceptors (Lipinski definition) is 5. The molecule has 0 fully saturated rings. The number of pyridine rings is 1. The Hall–Kier alpha value is -3.45. The first-order valence-electron chi connectivity index (χ1n) is 11.3. The molecule has 0 aliphatic rings. The topological polar surface area (TPSA) is 63.9 Å². The van der Waals surface area contributed by atoms with E-state index in [2.05, 4.69) is 60.2 Å². The second-order valence-corrected chi connectivity index (χ2v) is 9.50. The van der Waals surface area contributed by atoms with Gasteiger partial charge in [0, 0.05) is 31.5 Å². The molecule has 34 heavy (non-hydrogen) atoms. The molecule has 0 aliphatic carbocycles. The van der Waals surface area contributed by atoms with Crippen molar-refractivity contribution in [2.75, 3.05) is 12.8 Å². The fourth-order valence-corrected chi connectivity index (χ4v) is 4.70. The second kappa shape index (κ2) is 10.7. The van der Waals surface area contributed by atoms with Crippen molar-refractivity contribution < 1.29 is 4.79 Å². The van der Waals surface area contributed by atoms with Crippen molar-refractivity contribution in [1.82, 2.24) is 24.6 Å². The molecular weight excluding hydrogens is 442 g/mol. The van der Waals surface area contributed by atoms with Crippen LogP contribution < -0.4 is 0 Å². The fourth-order valence-electron chi connectivity index (χ4n) is 3.81. The van der Waals surface area contributed by atoms with Crippen molar-refractivity contribution >= 4 is 17.7 Å². The van der Waals surface area contributed by atoms with Crippen LogP contribution in [0.2, 0.25) is 0 Å². The average Bonchev–Trinajstić information content (AvgIpc) is 3.28. The molecule has 7 heteroatoms. The van der Waals surface area contributed by atoms with E-state index in [9.17, 15) is 4.79 Å². The molecule has 0 saturated heterocycles. The Morgan fingerprint density at radius 1 is 1.03 bits per heavy atom. The van der Waals surface area contributed by atoms with E-state index in [0.717, 1.165) is 16.8 Å². The van der Waals surface area contributed by atoms with Crippen LogP contribution in [0.4, 0.5) is 0 Å². The average molecular weight is 472 g/mol. The maximum atomic E-state index is 13.0. The van der Waals surface area contributed by atoms with Gasteiger partial charge >= 0.3 is 0 Å². The van der Waals surface area contributed by atoms with E-state index in [4.69, 9.17) is 0 Å². The van der Waals surface area contributed by atoms with Gasteiger partial charge in [-0.1, -0.05) is 68.1 Å². The molecule has 1 amide bonds. The maximum absolute atomic E-state index is 13.0. The highest BCUT2D eigenvalue weighted by atomic mass is 32.2. The number of amides is 1. The molecule has 0 spiro atoms. The molecule has 0 bridgehead atoms. The molecule has 2 heterocycles. The first-order chi connectivity index (χ1) is 16.5. The van der Waals surface area contributed by atoms with Gasteiger partial charge in [0.05, 0.1) is 11.4 Å². The number of aromatic nitrogens is 4. The summed E-state index contributed by atoms with van der Waals surface area (Å²) in [6.07, 6.45) is 3.53. The van der Waals surface area contributed by atoms with Gasteiger partial charge in [0.2, 0.25) is 5.91 Å². The lowest BCUT2D eigenvalue weighted by molar-refractivity contribution is -0.127. The summed E-state index contributed by atoms with van der Waals surface area (Å²) in [5.74, 6) is 1.35. The van der Waals surface area contributed by atoms with Crippen LogP contribution in [-0.4, -0.2) is 43.4 Å². The van der Waals surface area contributed by atoms with Crippen LogP contribution in [0, 0.1) is 6.92 Å². The number of para-hydroxylation sites is 1. The Morgan fingerprint density at radius 3 is 2.53 bits per heavy atom. The molecule has 174 valence electrons. The first-order valence-corrected chi connectivity index (χ1v) is 12.3. The Labute approximate surface area is 205 Å². The zero-order chi connectivity index (χ0) is 24.1. The summed E-state index contributed by atoms with van der Waals surface area (Å²) in [5, 5.41) is 9.65. The summed E-state index contributed by atoms with van der Waals surface area (Å²) in [5.41, 5.74) is 5.42. The lowest BCUT2D eigenvalue weighted by atomic mass is 10.0. The molecule has 0 N–H and O–H groups in total. The van der Waals surface area contributed by atoms with Crippen LogP contribution in [0.15, 0.2) is 78.2 Å². The van der Waals surface area contributed by atoms with Crippen molar-refractivity contribution in [2.24, 2.45) is 0 Å².